The summed E-state index contributed by atoms with van der Waals surface area (Å²) >= 11 is 0. The van der Waals surface area contributed by atoms with Crippen molar-refractivity contribution in [1.29, 1.82) is 0 Å². The molecule has 0 aliphatic heterocycles. The van der Waals surface area contributed by atoms with Crippen molar-refractivity contribution in [3.8, 4) is 0 Å². The van der Waals surface area contributed by atoms with Gasteiger partial charge in [0.15, 0.2) is 5.16 Å². The fraction of sp³-hybridized carbons (Fsp3) is 0.667. The van der Waals surface area contributed by atoms with Crippen LogP contribution in [0.4, 0.5) is 0 Å². The van der Waals surface area contributed by atoms with Crippen molar-refractivity contribution in [3.05, 3.63) is 0 Å². The van der Waals surface area contributed by atoms with Gasteiger partial charge in [-0.1, -0.05) is 13.3 Å². The molecule has 19 heavy (non-hydrogen) atoms. The van der Waals surface area contributed by atoms with Gasteiger partial charge in [0.05, 0.1) is 12.3 Å². The minimum atomic E-state index is -5.39. The van der Waals surface area contributed by atoms with Gasteiger partial charge in [-0.05, 0) is 6.42 Å². The van der Waals surface area contributed by atoms with Crippen molar-refractivity contribution in [2.75, 3.05) is 0 Å². The molecule has 0 saturated carbocycles. The van der Waals surface area contributed by atoms with E-state index in [1.165, 1.54) is 6.92 Å². The molecule has 0 aromatic carbocycles. The molecule has 5 N–H and O–H groups in total. The molecular formula is C9H15O9P. The van der Waals surface area contributed by atoms with E-state index in [4.69, 9.17) is 15.3 Å². The van der Waals surface area contributed by atoms with Crippen LogP contribution in [0.25, 0.3) is 0 Å². The van der Waals surface area contributed by atoms with Gasteiger partial charge in [-0.15, -0.1) is 0 Å². The topological polar surface area (TPSA) is 169 Å². The highest BCUT2D eigenvalue weighted by atomic mass is 31.2. The number of carboxylic acid groups (broad SMARTS) is 3. The molecule has 0 aliphatic rings. The minimum absolute atomic E-state index is 0.0270. The molecule has 0 fully saturated rings. The Morgan fingerprint density at radius 3 is 1.84 bits per heavy atom. The molecule has 0 spiro atoms. The molecule has 0 aliphatic carbocycles. The molecule has 2 atom stereocenters. The summed E-state index contributed by atoms with van der Waals surface area (Å²) in [6.07, 6.45) is -1.86. The van der Waals surface area contributed by atoms with E-state index in [9.17, 15) is 28.7 Å². The molecule has 0 rings (SSSR count). The maximum Gasteiger partial charge on any atom is 0.343 e. The lowest BCUT2D eigenvalue weighted by Crippen LogP contribution is -2.49. The first-order valence-electron chi connectivity index (χ1n) is 5.24. The van der Waals surface area contributed by atoms with Gasteiger partial charge in [0.2, 0.25) is 0 Å². The third-order valence-electron chi connectivity index (χ3n) is 2.77. The number of aliphatic carboxylic acids is 3. The molecule has 0 saturated heterocycles. The maximum atomic E-state index is 11.5. The third-order valence-corrected chi connectivity index (χ3v) is 4.54. The van der Waals surface area contributed by atoms with Gasteiger partial charge in [-0.2, -0.15) is 0 Å². The van der Waals surface area contributed by atoms with Crippen molar-refractivity contribution in [3.63, 3.8) is 0 Å². The zero-order valence-electron chi connectivity index (χ0n) is 10.0. The highest BCUT2D eigenvalue weighted by Crippen LogP contribution is 2.58. The quantitative estimate of drug-likeness (QED) is 0.386. The predicted octanol–water partition coefficient (Wildman–Crippen LogP) is -0.0369. The van der Waals surface area contributed by atoms with Crippen LogP contribution in [-0.4, -0.2) is 48.2 Å². The molecule has 2 unspecified atom stereocenters. The summed E-state index contributed by atoms with van der Waals surface area (Å²) < 4.78 is 11.5. The molecule has 110 valence electrons. The van der Waals surface area contributed by atoms with Crippen LogP contribution in [0.1, 0.15) is 26.2 Å². The average Bonchev–Trinajstić information content (AvgIpc) is 2.20. The van der Waals surface area contributed by atoms with E-state index in [0.717, 1.165) is 0 Å². The fourth-order valence-electron chi connectivity index (χ4n) is 1.92. The van der Waals surface area contributed by atoms with Crippen LogP contribution in [-0.2, 0) is 18.9 Å². The van der Waals surface area contributed by atoms with Gasteiger partial charge in [-0.3, -0.25) is 18.9 Å². The Labute approximate surface area is 108 Å². The van der Waals surface area contributed by atoms with Gasteiger partial charge in [0.1, 0.15) is 0 Å². The molecule has 0 bridgehead atoms. The largest absolute Gasteiger partial charge is 0.481 e. The van der Waals surface area contributed by atoms with Gasteiger partial charge < -0.3 is 25.1 Å². The summed E-state index contributed by atoms with van der Waals surface area (Å²) in [5, 5.41) is 23.7. The minimum Gasteiger partial charge on any atom is -0.481 e. The molecule has 0 aromatic heterocycles. The molecule has 9 nitrogen and oxygen atoms in total. The summed E-state index contributed by atoms with van der Waals surface area (Å²) in [5.74, 6) is -7.76. The number of rotatable bonds is 8. The van der Waals surface area contributed by atoms with Crippen LogP contribution in [0.5, 0.6) is 0 Å². The first kappa shape index (κ1) is 17.6. The van der Waals surface area contributed by atoms with E-state index < -0.39 is 49.4 Å². The van der Waals surface area contributed by atoms with Crippen molar-refractivity contribution < 1.29 is 44.1 Å². The fourth-order valence-corrected chi connectivity index (χ4v) is 3.29. The van der Waals surface area contributed by atoms with Crippen molar-refractivity contribution >= 4 is 25.5 Å². The summed E-state index contributed by atoms with van der Waals surface area (Å²) in [6, 6.07) is 0. The Kier molecular flexibility index (Phi) is 5.67. The Hall–Kier alpha value is -1.44. The normalized spacial score (nSPS) is 16.4. The zero-order valence-corrected chi connectivity index (χ0v) is 10.9. The van der Waals surface area contributed by atoms with E-state index in [0.29, 0.717) is 0 Å². The predicted molar refractivity (Wildman–Crippen MR) is 60.7 cm³/mol. The van der Waals surface area contributed by atoms with Gasteiger partial charge in [0, 0.05) is 0 Å². The summed E-state index contributed by atoms with van der Waals surface area (Å²) in [6.45, 7) is 1.41. The molecule has 0 heterocycles. The summed E-state index contributed by atoms with van der Waals surface area (Å²) in [5.41, 5.74) is 0. The molecular weight excluding hydrogens is 283 g/mol. The Bertz CT molecular complexity index is 425. The first-order chi connectivity index (χ1) is 8.50. The van der Waals surface area contributed by atoms with E-state index in [2.05, 4.69) is 0 Å². The second-order valence-electron chi connectivity index (χ2n) is 4.01. The SMILES string of the molecule is CCCC(C(=O)O)(C(CC(=O)O)C(=O)O)P(=O)(O)O. The first-order valence-corrected chi connectivity index (χ1v) is 6.85. The Morgan fingerprint density at radius 2 is 1.63 bits per heavy atom. The molecule has 0 amide bonds. The van der Waals surface area contributed by atoms with Crippen LogP contribution in [0.15, 0.2) is 0 Å². The summed E-state index contributed by atoms with van der Waals surface area (Å²) in [4.78, 5) is 51.4. The number of hydrogen-bond acceptors (Lipinski definition) is 4. The monoisotopic (exact) mass is 298 g/mol. The van der Waals surface area contributed by atoms with Gasteiger partial charge >= 0.3 is 25.5 Å². The van der Waals surface area contributed by atoms with Crippen LogP contribution < -0.4 is 0 Å². The second kappa shape index (κ2) is 6.14. The van der Waals surface area contributed by atoms with Crippen molar-refractivity contribution in [2.45, 2.75) is 31.3 Å². The Balaban J connectivity index is 6.04. The zero-order chi connectivity index (χ0) is 15.4. The van der Waals surface area contributed by atoms with Crippen LogP contribution in [0.2, 0.25) is 0 Å². The van der Waals surface area contributed by atoms with Crippen LogP contribution in [0, 0.1) is 5.92 Å². The van der Waals surface area contributed by atoms with Gasteiger partial charge in [-0.25, -0.2) is 0 Å². The lowest BCUT2D eigenvalue weighted by atomic mass is 9.85. The lowest BCUT2D eigenvalue weighted by Gasteiger charge is -2.34. The molecule has 0 aromatic rings. The van der Waals surface area contributed by atoms with Gasteiger partial charge in [0.25, 0.3) is 0 Å². The summed E-state index contributed by atoms with van der Waals surface area (Å²) in [7, 11) is -5.39. The van der Waals surface area contributed by atoms with Crippen molar-refractivity contribution in [1.82, 2.24) is 0 Å². The standard InChI is InChI=1S/C9H15O9P/c1-2-3-9(8(14)15,19(16,17)18)5(7(12)13)4-6(10)11/h5H,2-4H2,1H3,(H,10,11)(H,12,13)(H,14,15)(H2,16,17,18). The highest BCUT2D eigenvalue weighted by molar-refractivity contribution is 7.54. The van der Waals surface area contributed by atoms with E-state index in [1.807, 2.05) is 0 Å². The molecule has 10 heteroatoms. The third kappa shape index (κ3) is 3.52. The number of carboxylic acids is 3. The van der Waals surface area contributed by atoms with Crippen LogP contribution >= 0.6 is 7.60 Å². The van der Waals surface area contributed by atoms with Crippen molar-refractivity contribution in [2.24, 2.45) is 5.92 Å². The van der Waals surface area contributed by atoms with E-state index >= 15 is 0 Å². The smallest absolute Gasteiger partial charge is 0.343 e. The maximum absolute atomic E-state index is 11.5. The number of hydrogen-bond donors (Lipinski definition) is 5. The highest BCUT2D eigenvalue weighted by Gasteiger charge is 2.61. The number of carbonyl (C=O) groups is 3. The van der Waals surface area contributed by atoms with E-state index in [1.54, 1.807) is 0 Å². The second-order valence-corrected chi connectivity index (χ2v) is 5.90. The van der Waals surface area contributed by atoms with Crippen LogP contribution in [0.3, 0.4) is 0 Å². The lowest BCUT2D eigenvalue weighted by molar-refractivity contribution is -0.156. The van der Waals surface area contributed by atoms with E-state index in [-0.39, 0.29) is 6.42 Å². The average molecular weight is 298 g/mol. The Morgan fingerprint density at radius 1 is 1.16 bits per heavy atom. The molecule has 0 radical (unpaired) electrons.